The Hall–Kier alpha value is -2.83. The third kappa shape index (κ3) is 3.22. The van der Waals surface area contributed by atoms with Crippen molar-refractivity contribution in [3.63, 3.8) is 0 Å². The maximum atomic E-state index is 12.7. The Morgan fingerprint density at radius 2 is 1.84 bits per heavy atom. The average molecular weight is 341 g/mol. The molecule has 130 valence electrons. The first kappa shape index (κ1) is 17.0. The van der Waals surface area contributed by atoms with Gasteiger partial charge in [0.25, 0.3) is 0 Å². The van der Waals surface area contributed by atoms with Crippen LogP contribution in [0.25, 0.3) is 11.3 Å². The van der Waals surface area contributed by atoms with Crippen LogP contribution >= 0.6 is 0 Å². The van der Waals surface area contributed by atoms with E-state index in [2.05, 4.69) is 5.10 Å². The molecule has 7 heteroatoms. The lowest BCUT2D eigenvalue weighted by Gasteiger charge is -2.23. The zero-order valence-corrected chi connectivity index (χ0v) is 14.0. The van der Waals surface area contributed by atoms with E-state index in [1.807, 2.05) is 6.07 Å². The van der Waals surface area contributed by atoms with Crippen molar-refractivity contribution in [2.75, 3.05) is 0 Å². The van der Waals surface area contributed by atoms with Crippen LogP contribution in [-0.2, 0) is 0 Å². The van der Waals surface area contributed by atoms with Gasteiger partial charge in [0.15, 0.2) is 5.78 Å². The molecule has 0 unspecified atom stereocenters. The molecule has 1 saturated carbocycles. The monoisotopic (exact) mass is 341 g/mol. The Balaban J connectivity index is 2.32. The predicted molar refractivity (Wildman–Crippen MR) is 92.7 cm³/mol. The predicted octanol–water partition coefficient (Wildman–Crippen LogP) is 3.53. The van der Waals surface area contributed by atoms with E-state index in [0.717, 1.165) is 32.1 Å². The summed E-state index contributed by atoms with van der Waals surface area (Å²) in [6.45, 7) is 1.22. The molecule has 1 fully saturated rings. The van der Waals surface area contributed by atoms with Crippen LogP contribution in [-0.4, -0.2) is 20.5 Å². The SMILES string of the molecule is CC(=O)c1c(-c2ccccc2)nn(C2CCCCC2)c(=O)c1[N+](=O)[O-]. The van der Waals surface area contributed by atoms with Crippen LogP contribution < -0.4 is 5.56 Å². The highest BCUT2D eigenvalue weighted by Gasteiger charge is 2.32. The lowest BCUT2D eigenvalue weighted by Crippen LogP contribution is -2.32. The van der Waals surface area contributed by atoms with Crippen molar-refractivity contribution in [2.45, 2.75) is 45.1 Å². The summed E-state index contributed by atoms with van der Waals surface area (Å²) in [5, 5.41) is 16.0. The van der Waals surface area contributed by atoms with E-state index in [4.69, 9.17) is 0 Å². The van der Waals surface area contributed by atoms with Gasteiger partial charge in [0.2, 0.25) is 0 Å². The van der Waals surface area contributed by atoms with Crippen LogP contribution in [0.15, 0.2) is 35.1 Å². The zero-order chi connectivity index (χ0) is 18.0. The molecule has 1 heterocycles. The standard InChI is InChI=1S/C18H19N3O4/c1-12(22)15-16(13-8-4-2-5-9-13)19-20(14-10-6-3-7-11-14)18(23)17(15)21(24)25/h2,4-5,8-9,14H,3,6-7,10-11H2,1H3. The van der Waals surface area contributed by atoms with E-state index in [1.165, 1.54) is 11.6 Å². The van der Waals surface area contributed by atoms with E-state index in [0.29, 0.717) is 5.56 Å². The quantitative estimate of drug-likeness (QED) is 0.481. The third-order valence-electron chi connectivity index (χ3n) is 4.59. The van der Waals surface area contributed by atoms with Crippen molar-refractivity contribution < 1.29 is 9.72 Å². The number of ketones is 1. The Morgan fingerprint density at radius 1 is 1.20 bits per heavy atom. The van der Waals surface area contributed by atoms with Crippen LogP contribution in [0.5, 0.6) is 0 Å². The normalized spacial score (nSPS) is 15.1. The molecule has 7 nitrogen and oxygen atoms in total. The number of aromatic nitrogens is 2. The van der Waals surface area contributed by atoms with E-state index < -0.39 is 22.0 Å². The number of nitro groups is 1. The van der Waals surface area contributed by atoms with Crippen LogP contribution in [0.1, 0.15) is 55.4 Å². The minimum absolute atomic E-state index is 0.163. The van der Waals surface area contributed by atoms with Gasteiger partial charge in [0, 0.05) is 5.56 Å². The lowest BCUT2D eigenvalue weighted by atomic mass is 9.95. The summed E-state index contributed by atoms with van der Waals surface area (Å²) in [6, 6.07) is 8.64. The molecule has 1 aromatic heterocycles. The van der Waals surface area contributed by atoms with Crippen molar-refractivity contribution in [2.24, 2.45) is 0 Å². The number of carbonyl (C=O) groups excluding carboxylic acids is 1. The van der Waals surface area contributed by atoms with Gasteiger partial charge in [-0.25, -0.2) is 4.68 Å². The molecule has 1 aliphatic rings. The zero-order valence-electron chi connectivity index (χ0n) is 14.0. The number of hydrogen-bond donors (Lipinski definition) is 0. The molecule has 3 rings (SSSR count). The molecule has 0 aliphatic heterocycles. The third-order valence-corrected chi connectivity index (χ3v) is 4.59. The van der Waals surface area contributed by atoms with Gasteiger partial charge >= 0.3 is 11.2 Å². The molecular formula is C18H19N3O4. The molecule has 0 amide bonds. The molecule has 1 aliphatic carbocycles. The van der Waals surface area contributed by atoms with E-state index in [9.17, 15) is 19.7 Å². The molecule has 1 aromatic carbocycles. The van der Waals surface area contributed by atoms with Gasteiger partial charge in [-0.05, 0) is 19.8 Å². The lowest BCUT2D eigenvalue weighted by molar-refractivity contribution is -0.386. The highest BCUT2D eigenvalue weighted by atomic mass is 16.6. The Bertz CT molecular complexity index is 868. The van der Waals surface area contributed by atoms with Crippen LogP contribution in [0.2, 0.25) is 0 Å². The minimum Gasteiger partial charge on any atom is -0.294 e. The fourth-order valence-corrected chi connectivity index (χ4v) is 3.40. The summed E-state index contributed by atoms with van der Waals surface area (Å²) in [5.74, 6) is -0.536. The van der Waals surface area contributed by atoms with Crippen LogP contribution in [0.4, 0.5) is 5.69 Å². The summed E-state index contributed by atoms with van der Waals surface area (Å²) >= 11 is 0. The fraction of sp³-hybridized carbons (Fsp3) is 0.389. The average Bonchev–Trinajstić information content (AvgIpc) is 2.62. The van der Waals surface area contributed by atoms with E-state index in [1.54, 1.807) is 24.3 Å². The summed E-state index contributed by atoms with van der Waals surface area (Å²) in [7, 11) is 0. The topological polar surface area (TPSA) is 95.1 Å². The summed E-state index contributed by atoms with van der Waals surface area (Å²) in [4.78, 5) is 35.7. The number of rotatable bonds is 4. The highest BCUT2D eigenvalue weighted by molar-refractivity contribution is 6.03. The van der Waals surface area contributed by atoms with Gasteiger partial charge in [-0.15, -0.1) is 0 Å². The molecule has 0 atom stereocenters. The number of hydrogen-bond acceptors (Lipinski definition) is 5. The summed E-state index contributed by atoms with van der Waals surface area (Å²) in [5.41, 5.74) is -0.896. The van der Waals surface area contributed by atoms with Gasteiger partial charge in [0.05, 0.1) is 11.0 Å². The van der Waals surface area contributed by atoms with Gasteiger partial charge < -0.3 is 0 Å². The van der Waals surface area contributed by atoms with Crippen molar-refractivity contribution >= 4 is 11.5 Å². The molecule has 2 aromatic rings. The number of Topliss-reactive ketones (excluding diaryl/α,β-unsaturated/α-hetero) is 1. The Morgan fingerprint density at radius 3 is 2.40 bits per heavy atom. The Kier molecular flexibility index (Phi) is 4.74. The van der Waals surface area contributed by atoms with Crippen molar-refractivity contribution in [1.29, 1.82) is 0 Å². The smallest absolute Gasteiger partial charge is 0.294 e. The van der Waals surface area contributed by atoms with E-state index >= 15 is 0 Å². The number of nitrogens with zero attached hydrogens (tertiary/aromatic N) is 3. The van der Waals surface area contributed by atoms with Crippen molar-refractivity contribution in [3.8, 4) is 11.3 Å². The molecule has 0 spiro atoms. The molecule has 0 bridgehead atoms. The first-order chi connectivity index (χ1) is 12.0. The van der Waals surface area contributed by atoms with Crippen molar-refractivity contribution in [3.05, 3.63) is 56.4 Å². The molecule has 0 radical (unpaired) electrons. The molecular weight excluding hydrogens is 322 g/mol. The van der Waals surface area contributed by atoms with Gasteiger partial charge in [-0.1, -0.05) is 49.6 Å². The second kappa shape index (κ2) is 6.96. The summed E-state index contributed by atoms with van der Waals surface area (Å²) < 4.78 is 1.23. The second-order valence-corrected chi connectivity index (χ2v) is 6.29. The second-order valence-electron chi connectivity index (χ2n) is 6.29. The van der Waals surface area contributed by atoms with E-state index in [-0.39, 0.29) is 17.3 Å². The van der Waals surface area contributed by atoms with Gasteiger partial charge in [-0.2, -0.15) is 5.10 Å². The maximum absolute atomic E-state index is 12.7. The molecule has 25 heavy (non-hydrogen) atoms. The number of benzene rings is 1. The summed E-state index contributed by atoms with van der Waals surface area (Å²) in [6.07, 6.45) is 4.53. The fourth-order valence-electron chi connectivity index (χ4n) is 3.40. The number of carbonyl (C=O) groups is 1. The maximum Gasteiger partial charge on any atom is 0.348 e. The molecule has 0 N–H and O–H groups in total. The van der Waals surface area contributed by atoms with Gasteiger partial charge in [-0.3, -0.25) is 19.7 Å². The first-order valence-corrected chi connectivity index (χ1v) is 8.38. The minimum atomic E-state index is -0.790. The molecule has 0 saturated heterocycles. The highest BCUT2D eigenvalue weighted by Crippen LogP contribution is 2.31. The van der Waals surface area contributed by atoms with Gasteiger partial charge in [0.1, 0.15) is 11.3 Å². The first-order valence-electron chi connectivity index (χ1n) is 8.38. The Labute approximate surface area is 144 Å². The van der Waals surface area contributed by atoms with Crippen molar-refractivity contribution in [1.82, 2.24) is 9.78 Å². The van der Waals surface area contributed by atoms with Crippen LogP contribution in [0.3, 0.4) is 0 Å². The largest absolute Gasteiger partial charge is 0.348 e. The van der Waals surface area contributed by atoms with Crippen LogP contribution in [0, 0.1) is 10.1 Å².